The van der Waals surface area contributed by atoms with Crippen LogP contribution in [0.15, 0.2) is 0 Å². The summed E-state index contributed by atoms with van der Waals surface area (Å²) in [7, 11) is -2.45. The number of hydrogen-bond donors (Lipinski definition) is 1. The van der Waals surface area contributed by atoms with Crippen LogP contribution in [0.3, 0.4) is 0 Å². The summed E-state index contributed by atoms with van der Waals surface area (Å²) in [5.41, 5.74) is 0. The van der Waals surface area contributed by atoms with Crippen LogP contribution in [0.1, 0.15) is 53.4 Å². The summed E-state index contributed by atoms with van der Waals surface area (Å²) in [5, 5.41) is 3.37. The largest absolute Gasteiger partial charge is 0.498 e. The number of hydrogen-bond acceptors (Lipinski definition) is 4. The monoisotopic (exact) mass is 277 g/mol. The van der Waals surface area contributed by atoms with Gasteiger partial charge >= 0.3 is 8.80 Å². The quantitative estimate of drug-likeness (QED) is 0.338. The summed E-state index contributed by atoms with van der Waals surface area (Å²) >= 11 is 0. The molecule has 0 radical (unpaired) electrons. The zero-order valence-electron chi connectivity index (χ0n) is 12.8. The van der Waals surface area contributed by atoms with Crippen LogP contribution in [0, 0.1) is 0 Å². The molecule has 0 aliphatic heterocycles. The predicted molar refractivity (Wildman–Crippen MR) is 77.6 cm³/mol. The van der Waals surface area contributed by atoms with Crippen molar-refractivity contribution < 1.29 is 13.3 Å². The first kappa shape index (κ1) is 18.1. The second kappa shape index (κ2) is 10.9. The maximum Gasteiger partial charge on any atom is 0.498 e. The van der Waals surface area contributed by atoms with Gasteiger partial charge in [0.15, 0.2) is 0 Å². The summed E-state index contributed by atoms with van der Waals surface area (Å²) in [5.74, 6) is 0. The van der Waals surface area contributed by atoms with Gasteiger partial charge in [0.25, 0.3) is 0 Å². The molecule has 18 heavy (non-hydrogen) atoms. The number of unbranched alkanes of at least 4 members (excludes halogenated alkanes) is 3. The predicted octanol–water partition coefficient (Wildman–Crippen LogP) is 3.16. The summed E-state index contributed by atoms with van der Waals surface area (Å²) < 4.78 is 17.2. The minimum Gasteiger partial charge on any atom is -0.374 e. The number of rotatable bonds is 12. The average Bonchev–Trinajstić information content (AvgIpc) is 2.29. The Bertz CT molecular complexity index is 187. The highest BCUT2D eigenvalue weighted by Gasteiger charge is 2.35. The molecule has 0 rings (SSSR count). The van der Waals surface area contributed by atoms with Crippen molar-refractivity contribution in [2.24, 2.45) is 0 Å². The van der Waals surface area contributed by atoms with E-state index in [1.165, 1.54) is 25.7 Å². The van der Waals surface area contributed by atoms with Gasteiger partial charge in [0, 0.05) is 19.8 Å². The van der Waals surface area contributed by atoms with Gasteiger partial charge in [0.05, 0.1) is 6.23 Å². The zero-order valence-corrected chi connectivity index (χ0v) is 13.8. The lowest BCUT2D eigenvalue weighted by atomic mass is 10.2. The lowest BCUT2D eigenvalue weighted by Gasteiger charge is -2.28. The summed E-state index contributed by atoms with van der Waals surface area (Å²) in [6.45, 7) is 12.4. The van der Waals surface area contributed by atoms with Gasteiger partial charge in [-0.3, -0.25) is 5.32 Å². The van der Waals surface area contributed by atoms with E-state index in [-0.39, 0.29) is 6.23 Å². The molecular formula is C13H31NO3Si. The van der Waals surface area contributed by atoms with E-state index in [2.05, 4.69) is 12.2 Å². The van der Waals surface area contributed by atoms with E-state index < -0.39 is 8.80 Å². The summed E-state index contributed by atoms with van der Waals surface area (Å²) in [6, 6.07) is 0. The molecule has 1 N–H and O–H groups in total. The van der Waals surface area contributed by atoms with Crippen LogP contribution in [0.25, 0.3) is 0 Å². The van der Waals surface area contributed by atoms with Crippen LogP contribution < -0.4 is 5.32 Å². The maximum atomic E-state index is 5.91. The van der Waals surface area contributed by atoms with Crippen LogP contribution >= 0.6 is 0 Å². The molecule has 0 amide bonds. The van der Waals surface area contributed by atoms with Crippen LogP contribution in [0.2, 0.25) is 6.55 Å². The molecular weight excluding hydrogens is 246 g/mol. The normalized spacial score (nSPS) is 13.8. The molecule has 5 heteroatoms. The van der Waals surface area contributed by atoms with Gasteiger partial charge in [-0.05, 0) is 33.7 Å². The molecule has 110 valence electrons. The zero-order chi connectivity index (χ0) is 13.9. The van der Waals surface area contributed by atoms with Gasteiger partial charge in [-0.25, -0.2) is 0 Å². The Balaban J connectivity index is 3.83. The Morgan fingerprint density at radius 3 is 2.11 bits per heavy atom. The van der Waals surface area contributed by atoms with E-state index in [0.717, 1.165) is 6.54 Å². The molecule has 0 bridgehead atoms. The van der Waals surface area contributed by atoms with Gasteiger partial charge in [0.2, 0.25) is 0 Å². The fraction of sp³-hybridized carbons (Fsp3) is 1.00. The van der Waals surface area contributed by atoms with Crippen molar-refractivity contribution in [1.29, 1.82) is 0 Å². The fourth-order valence-electron chi connectivity index (χ4n) is 1.85. The van der Waals surface area contributed by atoms with Crippen molar-refractivity contribution in [2.75, 3.05) is 19.8 Å². The molecule has 0 aromatic rings. The van der Waals surface area contributed by atoms with Gasteiger partial charge < -0.3 is 13.3 Å². The Kier molecular flexibility index (Phi) is 11.0. The topological polar surface area (TPSA) is 39.7 Å². The molecule has 0 saturated heterocycles. The summed E-state index contributed by atoms with van der Waals surface area (Å²) in [6.07, 6.45) is 5.04. The van der Waals surface area contributed by atoms with E-state index in [1.54, 1.807) is 0 Å². The van der Waals surface area contributed by atoms with Gasteiger partial charge in [-0.1, -0.05) is 26.2 Å². The molecule has 0 heterocycles. The molecule has 0 aliphatic rings. The van der Waals surface area contributed by atoms with Crippen molar-refractivity contribution >= 4 is 8.80 Å². The highest BCUT2D eigenvalue weighted by atomic mass is 28.4. The standard InChI is InChI=1S/C13H31NO3Si/c1-6-9-10-11-12-14-13(4)17-18(5,15-7-2)16-8-3/h13-14H,6-12H2,1-5H3. The van der Waals surface area contributed by atoms with Crippen molar-refractivity contribution in [3.63, 3.8) is 0 Å². The lowest BCUT2D eigenvalue weighted by Crippen LogP contribution is -2.48. The van der Waals surface area contributed by atoms with E-state index in [9.17, 15) is 0 Å². The molecule has 0 aliphatic carbocycles. The smallest absolute Gasteiger partial charge is 0.374 e. The van der Waals surface area contributed by atoms with Crippen molar-refractivity contribution in [2.45, 2.75) is 66.2 Å². The van der Waals surface area contributed by atoms with Gasteiger partial charge in [-0.2, -0.15) is 0 Å². The molecule has 4 nitrogen and oxygen atoms in total. The first-order valence-electron chi connectivity index (χ1n) is 7.27. The first-order chi connectivity index (χ1) is 8.58. The highest BCUT2D eigenvalue weighted by molar-refractivity contribution is 6.59. The third-order valence-electron chi connectivity index (χ3n) is 2.67. The molecule has 0 aromatic carbocycles. The third kappa shape index (κ3) is 9.05. The fourth-order valence-corrected chi connectivity index (χ4v) is 3.85. The third-order valence-corrected chi connectivity index (χ3v) is 5.07. The van der Waals surface area contributed by atoms with Crippen LogP contribution in [0.5, 0.6) is 0 Å². The lowest BCUT2D eigenvalue weighted by molar-refractivity contribution is 0.0323. The Morgan fingerprint density at radius 2 is 1.61 bits per heavy atom. The number of nitrogens with one attached hydrogen (secondary N) is 1. The molecule has 0 spiro atoms. The maximum absolute atomic E-state index is 5.91. The second-order valence-electron chi connectivity index (χ2n) is 4.50. The minimum absolute atomic E-state index is 0.0126. The van der Waals surface area contributed by atoms with E-state index in [1.807, 2.05) is 27.3 Å². The molecule has 0 aromatic heterocycles. The van der Waals surface area contributed by atoms with Crippen LogP contribution in [-0.2, 0) is 13.3 Å². The molecule has 1 unspecified atom stereocenters. The van der Waals surface area contributed by atoms with E-state index in [4.69, 9.17) is 13.3 Å². The van der Waals surface area contributed by atoms with E-state index in [0.29, 0.717) is 13.2 Å². The van der Waals surface area contributed by atoms with Crippen molar-refractivity contribution in [3.8, 4) is 0 Å². The Morgan fingerprint density at radius 1 is 1.00 bits per heavy atom. The Labute approximate surface area is 114 Å². The van der Waals surface area contributed by atoms with Crippen LogP contribution in [0.4, 0.5) is 0 Å². The highest BCUT2D eigenvalue weighted by Crippen LogP contribution is 2.11. The first-order valence-corrected chi connectivity index (χ1v) is 9.49. The molecule has 0 fully saturated rings. The SMILES string of the molecule is CCCCCCNC(C)O[Si](C)(OCC)OCC. The van der Waals surface area contributed by atoms with Gasteiger partial charge in [-0.15, -0.1) is 0 Å². The average molecular weight is 277 g/mol. The van der Waals surface area contributed by atoms with Crippen LogP contribution in [-0.4, -0.2) is 34.8 Å². The van der Waals surface area contributed by atoms with Crippen molar-refractivity contribution in [3.05, 3.63) is 0 Å². The van der Waals surface area contributed by atoms with E-state index >= 15 is 0 Å². The molecule has 0 saturated carbocycles. The minimum atomic E-state index is -2.45. The van der Waals surface area contributed by atoms with Gasteiger partial charge in [0.1, 0.15) is 0 Å². The molecule has 1 atom stereocenters. The second-order valence-corrected chi connectivity index (χ2v) is 7.04. The van der Waals surface area contributed by atoms with Crippen molar-refractivity contribution in [1.82, 2.24) is 5.32 Å². The summed E-state index contributed by atoms with van der Waals surface area (Å²) in [4.78, 5) is 0. The Hall–Kier alpha value is 0.0569.